The number of nitrogens with zero attached hydrogens (tertiary/aromatic N) is 3. The third-order valence-corrected chi connectivity index (χ3v) is 5.05. The minimum Gasteiger partial charge on any atom is -0.309 e. The minimum atomic E-state index is 0.0211. The van der Waals surface area contributed by atoms with Gasteiger partial charge < -0.3 is 5.32 Å². The molecule has 0 amide bonds. The maximum Gasteiger partial charge on any atom is 0.0947 e. The van der Waals surface area contributed by atoms with Gasteiger partial charge in [-0.3, -0.25) is 0 Å². The second-order valence-electron chi connectivity index (χ2n) is 6.33. The lowest BCUT2D eigenvalue weighted by atomic mass is 9.89. The summed E-state index contributed by atoms with van der Waals surface area (Å²) >= 11 is 3.25. The third kappa shape index (κ3) is 4.31. The number of thiazole rings is 1. The molecule has 21 heavy (non-hydrogen) atoms. The van der Waals surface area contributed by atoms with Gasteiger partial charge in [-0.2, -0.15) is 0 Å². The van der Waals surface area contributed by atoms with Gasteiger partial charge in [0.2, 0.25) is 0 Å². The Bertz CT molecular complexity index is 568. The first-order valence-corrected chi connectivity index (χ1v) is 9.04. The summed E-state index contributed by atoms with van der Waals surface area (Å²) in [5.74, 6) is 0. The number of hydrogen-bond acceptors (Lipinski definition) is 6. The summed E-state index contributed by atoms with van der Waals surface area (Å²) in [5.41, 5.74) is 2.23. The van der Waals surface area contributed by atoms with Gasteiger partial charge in [0.05, 0.1) is 21.6 Å². The lowest BCUT2D eigenvalue weighted by Gasteiger charge is -2.22. The second-order valence-corrected chi connectivity index (χ2v) is 8.06. The molecule has 2 rings (SSSR count). The van der Waals surface area contributed by atoms with Crippen LogP contribution in [0, 0.1) is 6.92 Å². The first-order chi connectivity index (χ1) is 9.91. The van der Waals surface area contributed by atoms with Crippen LogP contribution in [-0.2, 0) is 11.8 Å². The average Bonchev–Trinajstić information content (AvgIpc) is 3.02. The van der Waals surface area contributed by atoms with Gasteiger partial charge in [-0.05, 0) is 31.4 Å². The predicted octanol–water partition coefficient (Wildman–Crippen LogP) is 3.88. The van der Waals surface area contributed by atoms with Gasteiger partial charge in [0, 0.05) is 22.9 Å². The van der Waals surface area contributed by atoms with E-state index in [-0.39, 0.29) is 11.5 Å². The maximum atomic E-state index is 4.60. The Morgan fingerprint density at radius 2 is 2.10 bits per heavy atom. The summed E-state index contributed by atoms with van der Waals surface area (Å²) < 4.78 is 4.20. The van der Waals surface area contributed by atoms with E-state index in [1.807, 2.05) is 6.92 Å². The molecule has 0 aromatic carbocycles. The van der Waals surface area contributed by atoms with Crippen LogP contribution in [-0.4, -0.2) is 21.1 Å². The van der Waals surface area contributed by atoms with Crippen LogP contribution in [0.15, 0.2) is 5.38 Å². The SMILES string of the molecule is CCCNC(Cc1nc(C)cs1)c1snnc1C(C)(C)C. The molecule has 1 unspecified atom stereocenters. The number of aryl methyl sites for hydroxylation is 1. The molecule has 0 saturated heterocycles. The summed E-state index contributed by atoms with van der Waals surface area (Å²) in [6, 6.07) is 0.254. The largest absolute Gasteiger partial charge is 0.309 e. The highest BCUT2D eigenvalue weighted by Gasteiger charge is 2.27. The van der Waals surface area contributed by atoms with E-state index in [0.717, 1.165) is 30.8 Å². The van der Waals surface area contributed by atoms with Crippen molar-refractivity contribution >= 4 is 22.9 Å². The Labute approximate surface area is 135 Å². The third-order valence-electron chi connectivity index (χ3n) is 3.23. The zero-order chi connectivity index (χ0) is 15.5. The molecule has 4 nitrogen and oxygen atoms in total. The van der Waals surface area contributed by atoms with Crippen LogP contribution in [0.5, 0.6) is 0 Å². The lowest BCUT2D eigenvalue weighted by Crippen LogP contribution is -2.26. The zero-order valence-corrected chi connectivity index (χ0v) is 15.1. The smallest absolute Gasteiger partial charge is 0.0947 e. The van der Waals surface area contributed by atoms with Gasteiger partial charge in [-0.1, -0.05) is 32.2 Å². The van der Waals surface area contributed by atoms with Crippen LogP contribution in [0.4, 0.5) is 0 Å². The normalized spacial score (nSPS) is 13.6. The van der Waals surface area contributed by atoms with Crippen molar-refractivity contribution in [1.29, 1.82) is 0 Å². The van der Waals surface area contributed by atoms with Gasteiger partial charge in [-0.25, -0.2) is 4.98 Å². The Kier molecular flexibility index (Phi) is 5.46. The maximum absolute atomic E-state index is 4.60. The first-order valence-electron chi connectivity index (χ1n) is 7.39. The molecule has 0 bridgehead atoms. The molecule has 2 aromatic heterocycles. The standard InChI is InChI=1S/C15H24N4S2/c1-6-7-16-11(8-12-17-10(2)9-20-12)13-14(15(3,4)5)18-19-21-13/h9,11,16H,6-8H2,1-5H3. The van der Waals surface area contributed by atoms with E-state index < -0.39 is 0 Å². The molecule has 0 aliphatic carbocycles. The van der Waals surface area contributed by atoms with Gasteiger partial charge in [0.1, 0.15) is 0 Å². The Morgan fingerprint density at radius 1 is 1.33 bits per heavy atom. The number of nitrogens with one attached hydrogen (secondary N) is 1. The van der Waals surface area contributed by atoms with Crippen molar-refractivity contribution in [3.05, 3.63) is 26.7 Å². The van der Waals surface area contributed by atoms with Crippen LogP contribution in [0.2, 0.25) is 0 Å². The fourth-order valence-electron chi connectivity index (χ4n) is 2.19. The van der Waals surface area contributed by atoms with Crippen molar-refractivity contribution in [1.82, 2.24) is 19.9 Å². The topological polar surface area (TPSA) is 50.7 Å². The summed E-state index contributed by atoms with van der Waals surface area (Å²) in [7, 11) is 0. The van der Waals surface area contributed by atoms with Crippen LogP contribution in [0.3, 0.4) is 0 Å². The molecule has 116 valence electrons. The van der Waals surface area contributed by atoms with E-state index in [0.29, 0.717) is 0 Å². The number of rotatable bonds is 6. The van der Waals surface area contributed by atoms with Gasteiger partial charge >= 0.3 is 0 Å². The van der Waals surface area contributed by atoms with E-state index in [1.54, 1.807) is 11.3 Å². The summed E-state index contributed by atoms with van der Waals surface area (Å²) in [5, 5.41) is 11.3. The first kappa shape index (κ1) is 16.5. The van der Waals surface area contributed by atoms with Crippen molar-refractivity contribution < 1.29 is 0 Å². The van der Waals surface area contributed by atoms with E-state index in [9.17, 15) is 0 Å². The Hall–Kier alpha value is -0.850. The molecule has 0 radical (unpaired) electrons. The highest BCUT2D eigenvalue weighted by Crippen LogP contribution is 2.32. The molecule has 2 heterocycles. The van der Waals surface area contributed by atoms with Gasteiger partial charge in [0.15, 0.2) is 0 Å². The van der Waals surface area contributed by atoms with Crippen molar-refractivity contribution in [2.45, 2.75) is 58.9 Å². The van der Waals surface area contributed by atoms with E-state index >= 15 is 0 Å². The monoisotopic (exact) mass is 324 g/mol. The molecule has 0 fully saturated rings. The molecular weight excluding hydrogens is 300 g/mol. The fourth-order valence-corrected chi connectivity index (χ4v) is 3.95. The molecule has 0 saturated carbocycles. The summed E-state index contributed by atoms with van der Waals surface area (Å²) in [6.45, 7) is 11.8. The summed E-state index contributed by atoms with van der Waals surface area (Å²) in [4.78, 5) is 5.86. The predicted molar refractivity (Wildman–Crippen MR) is 90.2 cm³/mol. The van der Waals surface area contributed by atoms with Crippen molar-refractivity contribution in [2.24, 2.45) is 0 Å². The second kappa shape index (κ2) is 6.94. The highest BCUT2D eigenvalue weighted by atomic mass is 32.1. The van der Waals surface area contributed by atoms with E-state index in [1.165, 1.54) is 21.4 Å². The quantitative estimate of drug-likeness (QED) is 0.876. The van der Waals surface area contributed by atoms with Crippen LogP contribution < -0.4 is 5.32 Å². The van der Waals surface area contributed by atoms with Crippen molar-refractivity contribution in [2.75, 3.05) is 6.54 Å². The molecule has 6 heteroatoms. The molecule has 1 atom stereocenters. The van der Waals surface area contributed by atoms with Crippen LogP contribution in [0.1, 0.15) is 61.4 Å². The highest BCUT2D eigenvalue weighted by molar-refractivity contribution is 7.09. The minimum absolute atomic E-state index is 0.0211. The fraction of sp³-hybridized carbons (Fsp3) is 0.667. The van der Waals surface area contributed by atoms with E-state index in [4.69, 9.17) is 0 Å². The molecule has 1 N–H and O–H groups in total. The Balaban J connectivity index is 2.25. The van der Waals surface area contributed by atoms with Crippen LogP contribution >= 0.6 is 22.9 Å². The lowest BCUT2D eigenvalue weighted by molar-refractivity contribution is 0.503. The van der Waals surface area contributed by atoms with Crippen LogP contribution in [0.25, 0.3) is 0 Å². The van der Waals surface area contributed by atoms with Crippen molar-refractivity contribution in [3.8, 4) is 0 Å². The molecule has 0 aliphatic heterocycles. The number of hydrogen-bond donors (Lipinski definition) is 1. The molecular formula is C15H24N4S2. The van der Waals surface area contributed by atoms with E-state index in [2.05, 4.69) is 53.0 Å². The number of aromatic nitrogens is 3. The zero-order valence-electron chi connectivity index (χ0n) is 13.4. The van der Waals surface area contributed by atoms with Gasteiger partial charge in [-0.15, -0.1) is 16.4 Å². The van der Waals surface area contributed by atoms with Crippen molar-refractivity contribution in [3.63, 3.8) is 0 Å². The molecule has 2 aromatic rings. The Morgan fingerprint density at radius 3 is 2.67 bits per heavy atom. The molecule has 0 spiro atoms. The summed E-state index contributed by atoms with van der Waals surface area (Å²) in [6.07, 6.45) is 2.02. The molecule has 0 aliphatic rings. The van der Waals surface area contributed by atoms with Gasteiger partial charge in [0.25, 0.3) is 0 Å². The average molecular weight is 325 g/mol.